The number of carbonyl (C=O) groups is 2. The number of carbonyl (C=O) groups excluding carboxylic acids is 2. The minimum absolute atomic E-state index is 0.115. The van der Waals surface area contributed by atoms with Gasteiger partial charge in [-0.3, -0.25) is 14.8 Å². The van der Waals surface area contributed by atoms with E-state index in [-0.39, 0.29) is 22.8 Å². The van der Waals surface area contributed by atoms with Crippen LogP contribution in [0, 0.1) is 0 Å². The van der Waals surface area contributed by atoms with Gasteiger partial charge >= 0.3 is 0 Å². The van der Waals surface area contributed by atoms with Gasteiger partial charge in [0.1, 0.15) is 5.75 Å². The van der Waals surface area contributed by atoms with Crippen molar-refractivity contribution in [1.29, 1.82) is 0 Å². The number of nitrogens with one attached hydrogen (secondary N) is 2. The second kappa shape index (κ2) is 6.58. The van der Waals surface area contributed by atoms with Crippen molar-refractivity contribution in [2.45, 2.75) is 6.42 Å². The summed E-state index contributed by atoms with van der Waals surface area (Å²) in [4.78, 5) is 22.7. The summed E-state index contributed by atoms with van der Waals surface area (Å²) in [5.41, 5.74) is 6.79. The van der Waals surface area contributed by atoms with Crippen LogP contribution in [0.4, 0.5) is 0 Å². The molecule has 0 aliphatic rings. The van der Waals surface area contributed by atoms with Crippen molar-refractivity contribution in [2.75, 3.05) is 13.1 Å². The minimum Gasteiger partial charge on any atom is -0.507 e. The fourth-order valence-electron chi connectivity index (χ4n) is 1.33. The molecule has 0 saturated carbocycles. The molecule has 7 heteroatoms. The summed E-state index contributed by atoms with van der Waals surface area (Å²) < 4.78 is 0. The van der Waals surface area contributed by atoms with Gasteiger partial charge in [-0.2, -0.15) is 0 Å². The number of hydroxylamine groups is 1. The van der Waals surface area contributed by atoms with E-state index in [0.29, 0.717) is 19.5 Å². The molecule has 7 nitrogen and oxygen atoms in total. The fraction of sp³-hybridized carbons (Fsp3) is 0.273. The first-order valence-corrected chi connectivity index (χ1v) is 5.36. The molecule has 0 aliphatic heterocycles. The van der Waals surface area contributed by atoms with Crippen LogP contribution in [0.2, 0.25) is 0 Å². The van der Waals surface area contributed by atoms with Gasteiger partial charge in [0.05, 0.1) is 5.56 Å². The molecule has 0 unspecified atom stereocenters. The van der Waals surface area contributed by atoms with Gasteiger partial charge in [0, 0.05) is 12.1 Å². The molecule has 0 saturated heterocycles. The van der Waals surface area contributed by atoms with Crippen LogP contribution >= 0.6 is 0 Å². The average molecular weight is 253 g/mol. The Bertz CT molecular complexity index is 448. The number of amides is 2. The molecule has 1 aromatic rings. The largest absolute Gasteiger partial charge is 0.507 e. The molecule has 0 atom stereocenters. The van der Waals surface area contributed by atoms with Crippen LogP contribution in [0.3, 0.4) is 0 Å². The molecule has 0 aromatic heterocycles. The van der Waals surface area contributed by atoms with Crippen LogP contribution in [-0.2, 0) is 0 Å². The SMILES string of the molecule is NCCCNC(=O)c1ccc(C(=O)NO)c(O)c1. The maximum atomic E-state index is 11.6. The first-order chi connectivity index (χ1) is 8.60. The Morgan fingerprint density at radius 1 is 1.28 bits per heavy atom. The predicted octanol–water partition coefficient (Wildman–Crippen LogP) is -0.410. The quantitative estimate of drug-likeness (QED) is 0.277. The average Bonchev–Trinajstić information content (AvgIpc) is 2.38. The van der Waals surface area contributed by atoms with E-state index in [0.717, 1.165) is 6.07 Å². The van der Waals surface area contributed by atoms with Crippen LogP contribution in [0.15, 0.2) is 18.2 Å². The van der Waals surface area contributed by atoms with Crippen molar-refractivity contribution < 1.29 is 19.9 Å². The zero-order chi connectivity index (χ0) is 13.5. The molecular weight excluding hydrogens is 238 g/mol. The van der Waals surface area contributed by atoms with Crippen molar-refractivity contribution >= 4 is 11.8 Å². The lowest BCUT2D eigenvalue weighted by Crippen LogP contribution is -2.26. The molecule has 6 N–H and O–H groups in total. The predicted molar refractivity (Wildman–Crippen MR) is 63.4 cm³/mol. The van der Waals surface area contributed by atoms with Gasteiger partial charge in [-0.1, -0.05) is 0 Å². The van der Waals surface area contributed by atoms with Gasteiger partial charge in [-0.25, -0.2) is 5.48 Å². The van der Waals surface area contributed by atoms with E-state index in [1.54, 1.807) is 0 Å². The van der Waals surface area contributed by atoms with E-state index in [1.807, 2.05) is 0 Å². The third kappa shape index (κ3) is 3.44. The fourth-order valence-corrected chi connectivity index (χ4v) is 1.33. The third-order valence-corrected chi connectivity index (χ3v) is 2.27. The van der Waals surface area contributed by atoms with Crippen molar-refractivity contribution in [3.63, 3.8) is 0 Å². The van der Waals surface area contributed by atoms with Crippen molar-refractivity contribution in [3.05, 3.63) is 29.3 Å². The van der Waals surface area contributed by atoms with E-state index in [2.05, 4.69) is 5.32 Å². The summed E-state index contributed by atoms with van der Waals surface area (Å²) >= 11 is 0. The molecule has 18 heavy (non-hydrogen) atoms. The highest BCUT2D eigenvalue weighted by molar-refractivity contribution is 5.99. The van der Waals surface area contributed by atoms with Crippen LogP contribution in [0.25, 0.3) is 0 Å². The Hall–Kier alpha value is -2.12. The highest BCUT2D eigenvalue weighted by atomic mass is 16.5. The molecule has 2 amide bonds. The first kappa shape index (κ1) is 13.9. The zero-order valence-corrected chi connectivity index (χ0v) is 9.64. The third-order valence-electron chi connectivity index (χ3n) is 2.27. The molecule has 0 spiro atoms. The van der Waals surface area contributed by atoms with Crippen LogP contribution in [-0.4, -0.2) is 35.2 Å². The van der Waals surface area contributed by atoms with Gasteiger partial charge in [0.15, 0.2) is 0 Å². The highest BCUT2D eigenvalue weighted by Crippen LogP contribution is 2.18. The Morgan fingerprint density at radius 2 is 2.00 bits per heavy atom. The van der Waals surface area contributed by atoms with E-state index in [1.165, 1.54) is 17.6 Å². The van der Waals surface area contributed by atoms with Gasteiger partial charge in [0.25, 0.3) is 11.8 Å². The number of phenols is 1. The molecule has 0 radical (unpaired) electrons. The number of rotatable bonds is 5. The molecule has 0 aliphatic carbocycles. The summed E-state index contributed by atoms with van der Waals surface area (Å²) in [5, 5.41) is 20.6. The van der Waals surface area contributed by atoms with Crippen LogP contribution < -0.4 is 16.5 Å². The van der Waals surface area contributed by atoms with E-state index >= 15 is 0 Å². The van der Waals surface area contributed by atoms with Crippen molar-refractivity contribution in [1.82, 2.24) is 10.8 Å². The number of hydrogen-bond donors (Lipinski definition) is 5. The monoisotopic (exact) mass is 253 g/mol. The van der Waals surface area contributed by atoms with Crippen LogP contribution in [0.5, 0.6) is 5.75 Å². The van der Waals surface area contributed by atoms with E-state index < -0.39 is 5.91 Å². The maximum Gasteiger partial charge on any atom is 0.278 e. The van der Waals surface area contributed by atoms with Crippen molar-refractivity contribution in [3.8, 4) is 5.75 Å². The number of phenolic OH excluding ortho intramolecular Hbond substituents is 1. The molecule has 98 valence electrons. The lowest BCUT2D eigenvalue weighted by atomic mass is 10.1. The lowest BCUT2D eigenvalue weighted by Gasteiger charge is -2.07. The second-order valence-electron chi connectivity index (χ2n) is 3.57. The topological polar surface area (TPSA) is 125 Å². The Balaban J connectivity index is 2.77. The smallest absolute Gasteiger partial charge is 0.278 e. The highest BCUT2D eigenvalue weighted by Gasteiger charge is 2.13. The molecule has 1 aromatic carbocycles. The number of aromatic hydroxyl groups is 1. The Morgan fingerprint density at radius 3 is 2.56 bits per heavy atom. The first-order valence-electron chi connectivity index (χ1n) is 5.36. The normalized spacial score (nSPS) is 9.89. The second-order valence-corrected chi connectivity index (χ2v) is 3.57. The van der Waals surface area contributed by atoms with Gasteiger partial charge in [0.2, 0.25) is 0 Å². The number of hydrogen-bond acceptors (Lipinski definition) is 5. The maximum absolute atomic E-state index is 11.6. The van der Waals surface area contributed by atoms with Gasteiger partial charge in [-0.05, 0) is 31.2 Å². The minimum atomic E-state index is -0.845. The lowest BCUT2D eigenvalue weighted by molar-refractivity contribution is 0.0703. The molecular formula is C11H15N3O4. The van der Waals surface area contributed by atoms with Gasteiger partial charge in [-0.15, -0.1) is 0 Å². The van der Waals surface area contributed by atoms with Crippen LogP contribution in [0.1, 0.15) is 27.1 Å². The standard InChI is InChI=1S/C11H15N3O4/c12-4-1-5-13-10(16)7-2-3-8(9(15)6-7)11(17)14-18/h2-3,6,15,18H,1,4-5,12H2,(H,13,16)(H,14,17). The summed E-state index contributed by atoms with van der Waals surface area (Å²) in [7, 11) is 0. The molecule has 0 bridgehead atoms. The Labute approximate surface area is 104 Å². The number of nitrogens with two attached hydrogens (primary N) is 1. The zero-order valence-electron chi connectivity index (χ0n) is 9.64. The Kier molecular flexibility index (Phi) is 5.09. The molecule has 0 heterocycles. The summed E-state index contributed by atoms with van der Waals surface area (Å²) in [6.07, 6.45) is 0.655. The molecule has 1 rings (SSSR count). The van der Waals surface area contributed by atoms with Gasteiger partial charge < -0.3 is 16.2 Å². The summed E-state index contributed by atoms with van der Waals surface area (Å²) in [6, 6.07) is 3.78. The summed E-state index contributed by atoms with van der Waals surface area (Å²) in [6.45, 7) is 0.913. The summed E-state index contributed by atoms with van der Waals surface area (Å²) in [5.74, 6) is -1.59. The number of benzene rings is 1. The molecule has 0 fully saturated rings. The van der Waals surface area contributed by atoms with E-state index in [9.17, 15) is 14.7 Å². The van der Waals surface area contributed by atoms with Crippen molar-refractivity contribution in [2.24, 2.45) is 5.73 Å². The van der Waals surface area contributed by atoms with E-state index in [4.69, 9.17) is 10.9 Å².